The molecule has 0 aliphatic heterocycles. The number of nitrogens with one attached hydrogen (secondary N) is 1. The molecule has 1 atom stereocenters. The first-order chi connectivity index (χ1) is 12.2. The number of benzene rings is 2. The highest BCUT2D eigenvalue weighted by Crippen LogP contribution is 2.17. The van der Waals surface area contributed by atoms with Crippen LogP contribution in [0.2, 0.25) is 0 Å². The molecule has 0 saturated heterocycles. The minimum absolute atomic E-state index is 0.164. The van der Waals surface area contributed by atoms with Gasteiger partial charge in [-0.05, 0) is 30.7 Å². The molecule has 0 aliphatic rings. The van der Waals surface area contributed by atoms with Crippen LogP contribution >= 0.6 is 0 Å². The third kappa shape index (κ3) is 3.80. The molecule has 0 fully saturated rings. The first-order valence-corrected chi connectivity index (χ1v) is 8.06. The maximum absolute atomic E-state index is 12.7. The molecular formula is C21H18N2O2. The second-order valence-electron chi connectivity index (χ2n) is 5.72. The van der Waals surface area contributed by atoms with Crippen LogP contribution in [-0.2, 0) is 0 Å². The van der Waals surface area contributed by atoms with E-state index in [0.29, 0.717) is 16.7 Å². The molecule has 3 rings (SSSR count). The van der Waals surface area contributed by atoms with Gasteiger partial charge in [-0.25, -0.2) is 0 Å². The quantitative estimate of drug-likeness (QED) is 0.724. The van der Waals surface area contributed by atoms with Gasteiger partial charge in [0.15, 0.2) is 5.78 Å². The number of ketones is 1. The Labute approximate surface area is 146 Å². The van der Waals surface area contributed by atoms with E-state index in [2.05, 4.69) is 10.3 Å². The Balaban J connectivity index is 1.85. The molecule has 1 N–H and O–H groups in total. The van der Waals surface area contributed by atoms with E-state index >= 15 is 0 Å². The Hall–Kier alpha value is -3.27. The third-order valence-electron chi connectivity index (χ3n) is 4.01. The van der Waals surface area contributed by atoms with Crippen LogP contribution in [0.25, 0.3) is 0 Å². The Bertz CT molecular complexity index is 877. The van der Waals surface area contributed by atoms with Crippen molar-refractivity contribution in [3.8, 4) is 0 Å². The van der Waals surface area contributed by atoms with Gasteiger partial charge in [0.2, 0.25) is 0 Å². The third-order valence-corrected chi connectivity index (χ3v) is 4.01. The van der Waals surface area contributed by atoms with Gasteiger partial charge in [0.1, 0.15) is 0 Å². The Kier molecular flexibility index (Phi) is 5.00. The Morgan fingerprint density at radius 3 is 2.12 bits per heavy atom. The van der Waals surface area contributed by atoms with Crippen molar-refractivity contribution in [2.24, 2.45) is 0 Å². The van der Waals surface area contributed by atoms with E-state index in [1.165, 1.54) is 0 Å². The van der Waals surface area contributed by atoms with Crippen molar-refractivity contribution >= 4 is 11.7 Å². The zero-order valence-corrected chi connectivity index (χ0v) is 13.8. The van der Waals surface area contributed by atoms with Gasteiger partial charge in [-0.15, -0.1) is 0 Å². The van der Waals surface area contributed by atoms with E-state index in [9.17, 15) is 9.59 Å². The van der Waals surface area contributed by atoms with Crippen LogP contribution in [0, 0.1) is 0 Å². The zero-order valence-electron chi connectivity index (χ0n) is 13.8. The van der Waals surface area contributed by atoms with Crippen molar-refractivity contribution in [1.82, 2.24) is 10.3 Å². The molecule has 0 unspecified atom stereocenters. The number of carbonyl (C=O) groups is 2. The van der Waals surface area contributed by atoms with Crippen LogP contribution in [0.4, 0.5) is 0 Å². The summed E-state index contributed by atoms with van der Waals surface area (Å²) in [4.78, 5) is 29.4. The van der Waals surface area contributed by atoms with Crippen LogP contribution in [-0.4, -0.2) is 16.7 Å². The number of rotatable bonds is 5. The monoisotopic (exact) mass is 330 g/mol. The Morgan fingerprint density at radius 2 is 1.44 bits per heavy atom. The lowest BCUT2D eigenvalue weighted by Gasteiger charge is -2.15. The Morgan fingerprint density at radius 1 is 0.840 bits per heavy atom. The van der Waals surface area contributed by atoms with E-state index in [1.54, 1.807) is 60.9 Å². The fraction of sp³-hybridized carbons (Fsp3) is 0.0952. The highest BCUT2D eigenvalue weighted by molar-refractivity contribution is 6.15. The smallest absolute Gasteiger partial charge is 0.252 e. The normalized spacial score (nSPS) is 11.6. The SMILES string of the molecule is C[C@@H](NC(=O)c1ccccc1C(=O)c1ccccc1)c1ccncc1. The van der Waals surface area contributed by atoms with Gasteiger partial charge >= 0.3 is 0 Å². The van der Waals surface area contributed by atoms with Crippen LogP contribution in [0.3, 0.4) is 0 Å². The van der Waals surface area contributed by atoms with E-state index in [0.717, 1.165) is 5.56 Å². The largest absolute Gasteiger partial charge is 0.345 e. The van der Waals surface area contributed by atoms with Gasteiger partial charge in [-0.3, -0.25) is 14.6 Å². The van der Waals surface area contributed by atoms with Crippen molar-refractivity contribution in [2.75, 3.05) is 0 Å². The van der Waals surface area contributed by atoms with Gasteiger partial charge < -0.3 is 5.32 Å². The number of carbonyl (C=O) groups excluding carboxylic acids is 2. The van der Waals surface area contributed by atoms with E-state index < -0.39 is 0 Å². The molecule has 1 heterocycles. The molecule has 0 saturated carbocycles. The summed E-state index contributed by atoms with van der Waals surface area (Å²) in [5, 5.41) is 2.94. The molecule has 0 radical (unpaired) electrons. The fourth-order valence-corrected chi connectivity index (χ4v) is 2.63. The van der Waals surface area contributed by atoms with Gasteiger partial charge in [-0.2, -0.15) is 0 Å². The van der Waals surface area contributed by atoms with Gasteiger partial charge in [0.25, 0.3) is 5.91 Å². The first-order valence-electron chi connectivity index (χ1n) is 8.06. The van der Waals surface area contributed by atoms with Crippen LogP contribution in [0.5, 0.6) is 0 Å². The second kappa shape index (κ2) is 7.53. The first kappa shape index (κ1) is 16.6. The average molecular weight is 330 g/mol. The fourth-order valence-electron chi connectivity index (χ4n) is 2.63. The standard InChI is InChI=1S/C21H18N2O2/c1-15(16-11-13-22-14-12-16)23-21(25)19-10-6-5-9-18(19)20(24)17-7-3-2-4-8-17/h2-15H,1H3,(H,23,25)/t15-/m1/s1. The summed E-state index contributed by atoms with van der Waals surface area (Å²) in [6.45, 7) is 1.90. The maximum atomic E-state index is 12.7. The van der Waals surface area contributed by atoms with Crippen LogP contribution in [0.15, 0.2) is 79.1 Å². The summed E-state index contributed by atoms with van der Waals surface area (Å²) >= 11 is 0. The molecule has 0 bridgehead atoms. The van der Waals surface area contributed by atoms with Crippen molar-refractivity contribution in [3.63, 3.8) is 0 Å². The van der Waals surface area contributed by atoms with Crippen molar-refractivity contribution in [2.45, 2.75) is 13.0 Å². The molecule has 3 aromatic rings. The number of aromatic nitrogens is 1. The van der Waals surface area contributed by atoms with Crippen molar-refractivity contribution < 1.29 is 9.59 Å². The molecule has 2 aromatic carbocycles. The summed E-state index contributed by atoms with van der Waals surface area (Å²) in [6, 6.07) is 19.4. The van der Waals surface area contributed by atoms with Crippen molar-refractivity contribution in [3.05, 3.63) is 101 Å². The number of hydrogen-bond acceptors (Lipinski definition) is 3. The van der Waals surface area contributed by atoms with E-state index in [-0.39, 0.29) is 17.7 Å². The highest BCUT2D eigenvalue weighted by atomic mass is 16.2. The van der Waals surface area contributed by atoms with Crippen LogP contribution in [0.1, 0.15) is 44.8 Å². The molecule has 0 aliphatic carbocycles. The molecular weight excluding hydrogens is 312 g/mol. The van der Waals surface area contributed by atoms with E-state index in [4.69, 9.17) is 0 Å². The molecule has 0 spiro atoms. The summed E-state index contributed by atoms with van der Waals surface area (Å²) in [5.74, 6) is -0.438. The molecule has 1 aromatic heterocycles. The molecule has 4 heteroatoms. The van der Waals surface area contributed by atoms with Crippen molar-refractivity contribution in [1.29, 1.82) is 0 Å². The zero-order chi connectivity index (χ0) is 17.6. The molecule has 4 nitrogen and oxygen atoms in total. The average Bonchev–Trinajstić information content (AvgIpc) is 2.68. The summed E-state index contributed by atoms with van der Waals surface area (Å²) in [5.41, 5.74) is 2.28. The predicted octanol–water partition coefficient (Wildman–Crippen LogP) is 3.80. The minimum atomic E-state index is -0.274. The predicted molar refractivity (Wildman–Crippen MR) is 96.4 cm³/mol. The lowest BCUT2D eigenvalue weighted by molar-refractivity contribution is 0.0929. The van der Waals surface area contributed by atoms with Gasteiger partial charge in [-0.1, -0.05) is 48.5 Å². The lowest BCUT2D eigenvalue weighted by atomic mass is 9.97. The number of hydrogen-bond donors (Lipinski definition) is 1. The summed E-state index contributed by atoms with van der Waals surface area (Å²) in [6.07, 6.45) is 3.37. The topological polar surface area (TPSA) is 59.1 Å². The van der Waals surface area contributed by atoms with Gasteiger partial charge in [0.05, 0.1) is 11.6 Å². The highest BCUT2D eigenvalue weighted by Gasteiger charge is 2.19. The molecule has 25 heavy (non-hydrogen) atoms. The number of nitrogens with zero attached hydrogens (tertiary/aromatic N) is 1. The minimum Gasteiger partial charge on any atom is -0.345 e. The number of amides is 1. The van der Waals surface area contributed by atoms with Crippen LogP contribution < -0.4 is 5.32 Å². The second-order valence-corrected chi connectivity index (χ2v) is 5.72. The van der Waals surface area contributed by atoms with Gasteiger partial charge in [0, 0.05) is 23.5 Å². The maximum Gasteiger partial charge on any atom is 0.252 e. The summed E-state index contributed by atoms with van der Waals surface area (Å²) in [7, 11) is 0. The molecule has 124 valence electrons. The summed E-state index contributed by atoms with van der Waals surface area (Å²) < 4.78 is 0. The number of pyridine rings is 1. The lowest BCUT2D eigenvalue weighted by Crippen LogP contribution is -2.28. The van der Waals surface area contributed by atoms with E-state index in [1.807, 2.05) is 25.1 Å². The molecule has 1 amide bonds.